The number of amides is 2. The summed E-state index contributed by atoms with van der Waals surface area (Å²) in [6.45, 7) is -0.286. The molecule has 1 aromatic carbocycles. The third kappa shape index (κ3) is 3.67. The van der Waals surface area contributed by atoms with Crippen LogP contribution in [0.4, 0.5) is 10.1 Å². The Hall–Kier alpha value is -2.15. The third-order valence-corrected chi connectivity index (χ3v) is 2.78. The van der Waals surface area contributed by atoms with E-state index in [2.05, 4.69) is 26.6 Å². The summed E-state index contributed by atoms with van der Waals surface area (Å²) >= 11 is 3.07. The van der Waals surface area contributed by atoms with Gasteiger partial charge in [0.2, 0.25) is 5.91 Å². The number of carbonyl (C=O) groups is 2. The molecule has 5 nitrogen and oxygen atoms in total. The zero-order valence-corrected chi connectivity index (χ0v) is 11.7. The van der Waals surface area contributed by atoms with Gasteiger partial charge in [0.05, 0.1) is 12.2 Å². The van der Waals surface area contributed by atoms with Gasteiger partial charge in [-0.2, -0.15) is 0 Å². The van der Waals surface area contributed by atoms with Crippen molar-refractivity contribution >= 4 is 33.4 Å². The Balaban J connectivity index is 1.87. The highest BCUT2D eigenvalue weighted by Gasteiger charge is 2.12. The van der Waals surface area contributed by atoms with Gasteiger partial charge in [0.25, 0.3) is 5.91 Å². The Morgan fingerprint density at radius 3 is 2.60 bits per heavy atom. The Morgan fingerprint density at radius 2 is 1.95 bits per heavy atom. The second kappa shape index (κ2) is 6.33. The molecule has 0 saturated carbocycles. The number of rotatable bonds is 4. The molecular formula is C13H10BrFN2O3. The summed E-state index contributed by atoms with van der Waals surface area (Å²) in [6.07, 6.45) is 0. The number of benzene rings is 1. The molecule has 0 aliphatic rings. The van der Waals surface area contributed by atoms with E-state index in [1.165, 1.54) is 24.3 Å². The molecule has 0 fully saturated rings. The van der Waals surface area contributed by atoms with Crippen LogP contribution in [0.5, 0.6) is 0 Å². The van der Waals surface area contributed by atoms with E-state index in [0.717, 1.165) is 0 Å². The predicted molar refractivity (Wildman–Crippen MR) is 73.8 cm³/mol. The molecule has 104 valence electrons. The van der Waals surface area contributed by atoms with E-state index < -0.39 is 17.6 Å². The lowest BCUT2D eigenvalue weighted by Gasteiger charge is -2.06. The van der Waals surface area contributed by atoms with E-state index in [1.807, 2.05) is 0 Å². The van der Waals surface area contributed by atoms with Gasteiger partial charge in [-0.3, -0.25) is 9.59 Å². The van der Waals surface area contributed by atoms with Crippen LogP contribution < -0.4 is 10.6 Å². The first kappa shape index (κ1) is 14.3. The van der Waals surface area contributed by atoms with Crippen LogP contribution in [0.25, 0.3) is 0 Å². The maximum Gasteiger partial charge on any atom is 0.287 e. The molecule has 1 heterocycles. The van der Waals surface area contributed by atoms with Gasteiger partial charge in [-0.05, 0) is 40.2 Å². The van der Waals surface area contributed by atoms with Crippen molar-refractivity contribution in [2.45, 2.75) is 0 Å². The van der Waals surface area contributed by atoms with Crippen molar-refractivity contribution in [2.75, 3.05) is 11.9 Å². The maximum absolute atomic E-state index is 13.3. The van der Waals surface area contributed by atoms with Gasteiger partial charge in [-0.25, -0.2) is 4.39 Å². The van der Waals surface area contributed by atoms with Crippen LogP contribution in [0.3, 0.4) is 0 Å². The first-order valence-corrected chi connectivity index (χ1v) is 6.43. The van der Waals surface area contributed by atoms with E-state index in [9.17, 15) is 14.0 Å². The van der Waals surface area contributed by atoms with Gasteiger partial charge in [0, 0.05) is 0 Å². The zero-order chi connectivity index (χ0) is 14.5. The van der Waals surface area contributed by atoms with Crippen LogP contribution in [0.1, 0.15) is 10.6 Å². The van der Waals surface area contributed by atoms with Gasteiger partial charge in [-0.1, -0.05) is 12.1 Å². The van der Waals surface area contributed by atoms with E-state index >= 15 is 0 Å². The molecule has 20 heavy (non-hydrogen) atoms. The lowest BCUT2D eigenvalue weighted by molar-refractivity contribution is -0.115. The van der Waals surface area contributed by atoms with Crippen LogP contribution in [0, 0.1) is 5.82 Å². The van der Waals surface area contributed by atoms with Crippen LogP contribution in [-0.2, 0) is 4.79 Å². The largest absolute Gasteiger partial charge is 0.444 e. The van der Waals surface area contributed by atoms with Gasteiger partial charge in [0.15, 0.2) is 10.4 Å². The standard InChI is InChI=1S/C13H10BrFN2O3/c14-11-6-5-10(20-11)13(19)16-7-12(18)17-9-4-2-1-3-8(9)15/h1-6H,7H2,(H,16,19)(H,17,18). The van der Waals surface area contributed by atoms with E-state index in [4.69, 9.17) is 4.42 Å². The fraction of sp³-hybridized carbons (Fsp3) is 0.0769. The number of anilines is 1. The molecule has 0 saturated heterocycles. The minimum atomic E-state index is -0.540. The summed E-state index contributed by atoms with van der Waals surface area (Å²) in [5.74, 6) is -1.52. The minimum Gasteiger partial charge on any atom is -0.444 e. The van der Waals surface area contributed by atoms with Crippen molar-refractivity contribution in [2.24, 2.45) is 0 Å². The molecule has 2 rings (SSSR count). The van der Waals surface area contributed by atoms with E-state index in [1.54, 1.807) is 12.1 Å². The van der Waals surface area contributed by atoms with Crippen LogP contribution >= 0.6 is 15.9 Å². The Labute approximate surface area is 122 Å². The molecule has 2 aromatic rings. The fourth-order valence-corrected chi connectivity index (χ4v) is 1.75. The smallest absolute Gasteiger partial charge is 0.287 e. The highest BCUT2D eigenvalue weighted by atomic mass is 79.9. The topological polar surface area (TPSA) is 71.3 Å². The predicted octanol–water partition coefficient (Wildman–Crippen LogP) is 2.55. The molecule has 0 unspecified atom stereocenters. The van der Waals surface area contributed by atoms with Crippen LogP contribution in [0.2, 0.25) is 0 Å². The number of nitrogens with one attached hydrogen (secondary N) is 2. The number of halogens is 2. The van der Waals surface area contributed by atoms with Crippen LogP contribution in [-0.4, -0.2) is 18.4 Å². The molecule has 1 aromatic heterocycles. The molecule has 0 aliphatic carbocycles. The quantitative estimate of drug-likeness (QED) is 0.898. The van der Waals surface area contributed by atoms with Crippen molar-refractivity contribution in [3.05, 3.63) is 52.6 Å². The molecule has 0 spiro atoms. The summed E-state index contributed by atoms with van der Waals surface area (Å²) < 4.78 is 18.7. The number of hydrogen-bond donors (Lipinski definition) is 2. The summed E-state index contributed by atoms with van der Waals surface area (Å²) in [7, 11) is 0. The average molecular weight is 341 g/mol. The molecule has 0 radical (unpaired) electrons. The maximum atomic E-state index is 13.3. The lowest BCUT2D eigenvalue weighted by Crippen LogP contribution is -2.32. The first-order chi connectivity index (χ1) is 9.56. The molecular weight excluding hydrogens is 331 g/mol. The van der Waals surface area contributed by atoms with Crippen LogP contribution in [0.15, 0.2) is 45.5 Å². The summed E-state index contributed by atoms with van der Waals surface area (Å²) in [5, 5.41) is 4.72. The molecule has 7 heteroatoms. The highest BCUT2D eigenvalue weighted by Crippen LogP contribution is 2.14. The van der Waals surface area contributed by atoms with Crippen molar-refractivity contribution in [1.82, 2.24) is 5.32 Å². The Kier molecular flexibility index (Phi) is 4.52. The van der Waals surface area contributed by atoms with Crippen molar-refractivity contribution in [3.63, 3.8) is 0 Å². The molecule has 0 aliphatic heterocycles. The molecule has 0 atom stereocenters. The van der Waals surface area contributed by atoms with Gasteiger partial charge in [-0.15, -0.1) is 0 Å². The van der Waals surface area contributed by atoms with E-state index in [0.29, 0.717) is 4.67 Å². The monoisotopic (exact) mass is 340 g/mol. The summed E-state index contributed by atoms with van der Waals surface area (Å²) in [5.41, 5.74) is 0.0625. The SMILES string of the molecule is O=C(CNC(=O)c1ccc(Br)o1)Nc1ccccc1F. The normalized spacial score (nSPS) is 10.1. The Bertz CT molecular complexity index is 642. The van der Waals surface area contributed by atoms with E-state index in [-0.39, 0.29) is 18.0 Å². The number of hydrogen-bond acceptors (Lipinski definition) is 3. The highest BCUT2D eigenvalue weighted by molar-refractivity contribution is 9.10. The number of carbonyl (C=O) groups excluding carboxylic acids is 2. The van der Waals surface area contributed by atoms with Gasteiger partial charge < -0.3 is 15.1 Å². The van der Waals surface area contributed by atoms with Crippen molar-refractivity contribution in [1.29, 1.82) is 0 Å². The summed E-state index contributed by atoms with van der Waals surface area (Å²) in [6, 6.07) is 8.80. The van der Waals surface area contributed by atoms with Gasteiger partial charge in [0.1, 0.15) is 5.82 Å². The number of para-hydroxylation sites is 1. The fourth-order valence-electron chi connectivity index (χ4n) is 1.44. The second-order valence-corrected chi connectivity index (χ2v) is 4.60. The zero-order valence-electron chi connectivity index (χ0n) is 10.2. The lowest BCUT2D eigenvalue weighted by atomic mass is 10.3. The number of furan rings is 1. The molecule has 2 amide bonds. The minimum absolute atomic E-state index is 0.0625. The van der Waals surface area contributed by atoms with Crippen molar-refractivity contribution < 1.29 is 18.4 Å². The summed E-state index contributed by atoms with van der Waals surface area (Å²) in [4.78, 5) is 23.2. The van der Waals surface area contributed by atoms with Gasteiger partial charge >= 0.3 is 0 Å². The molecule has 2 N–H and O–H groups in total. The third-order valence-electron chi connectivity index (χ3n) is 2.35. The van der Waals surface area contributed by atoms with Crippen molar-refractivity contribution in [3.8, 4) is 0 Å². The average Bonchev–Trinajstić information content (AvgIpc) is 2.85. The molecule has 0 bridgehead atoms. The second-order valence-electron chi connectivity index (χ2n) is 3.81. The first-order valence-electron chi connectivity index (χ1n) is 5.64. The Morgan fingerprint density at radius 1 is 1.20 bits per heavy atom.